The Labute approximate surface area is 90.7 Å². The zero-order chi connectivity index (χ0) is 10.7. The lowest BCUT2D eigenvalue weighted by molar-refractivity contribution is 0.165. The molecule has 0 bridgehead atoms. The van der Waals surface area contributed by atoms with Crippen molar-refractivity contribution >= 4 is 0 Å². The number of benzene rings is 1. The minimum atomic E-state index is 0.357. The van der Waals surface area contributed by atoms with E-state index in [1.54, 1.807) is 6.07 Å². The number of nitrogens with one attached hydrogen (secondary N) is 1. The lowest BCUT2D eigenvalue weighted by Gasteiger charge is -2.33. The Morgan fingerprint density at radius 3 is 3.13 bits per heavy atom. The molecular formula is C12H18N2O. The van der Waals surface area contributed by atoms with Crippen LogP contribution < -0.4 is 5.32 Å². The fourth-order valence-electron chi connectivity index (χ4n) is 2.01. The molecule has 3 heteroatoms. The third kappa shape index (κ3) is 2.70. The van der Waals surface area contributed by atoms with Crippen molar-refractivity contribution in [2.75, 3.05) is 19.6 Å². The zero-order valence-electron chi connectivity index (χ0n) is 9.11. The highest BCUT2D eigenvalue weighted by molar-refractivity contribution is 5.27. The molecule has 1 saturated heterocycles. The third-order valence-corrected chi connectivity index (χ3v) is 2.94. The van der Waals surface area contributed by atoms with Crippen LogP contribution >= 0.6 is 0 Å². The van der Waals surface area contributed by atoms with Crippen molar-refractivity contribution in [3.63, 3.8) is 0 Å². The fraction of sp³-hybridized carbons (Fsp3) is 0.500. The Bertz CT molecular complexity index is 327. The van der Waals surface area contributed by atoms with Crippen LogP contribution in [-0.2, 0) is 6.54 Å². The van der Waals surface area contributed by atoms with E-state index in [2.05, 4.69) is 23.2 Å². The van der Waals surface area contributed by atoms with E-state index >= 15 is 0 Å². The molecule has 0 aromatic heterocycles. The van der Waals surface area contributed by atoms with Crippen molar-refractivity contribution in [3.8, 4) is 5.75 Å². The lowest BCUT2D eigenvalue weighted by Crippen LogP contribution is -2.49. The largest absolute Gasteiger partial charge is 0.508 e. The standard InChI is InChI=1S/C12H18N2O/c1-10-8-13-5-6-14(10)9-11-3-2-4-12(15)7-11/h2-4,7,10,13,15H,5-6,8-9H2,1H3/t10-/m0/s1. The second-order valence-electron chi connectivity index (χ2n) is 4.19. The summed E-state index contributed by atoms with van der Waals surface area (Å²) in [6.45, 7) is 6.35. The van der Waals surface area contributed by atoms with Gasteiger partial charge in [-0.15, -0.1) is 0 Å². The minimum absolute atomic E-state index is 0.357. The van der Waals surface area contributed by atoms with Crippen molar-refractivity contribution in [1.82, 2.24) is 10.2 Å². The van der Waals surface area contributed by atoms with E-state index < -0.39 is 0 Å². The summed E-state index contributed by atoms with van der Waals surface area (Å²) < 4.78 is 0. The monoisotopic (exact) mass is 206 g/mol. The van der Waals surface area contributed by atoms with Gasteiger partial charge in [-0.25, -0.2) is 0 Å². The number of nitrogens with zero attached hydrogens (tertiary/aromatic N) is 1. The Balaban J connectivity index is 2.01. The molecular weight excluding hydrogens is 188 g/mol. The van der Waals surface area contributed by atoms with Gasteiger partial charge in [-0.05, 0) is 24.6 Å². The third-order valence-electron chi connectivity index (χ3n) is 2.94. The molecule has 1 fully saturated rings. The van der Waals surface area contributed by atoms with Crippen LogP contribution in [-0.4, -0.2) is 35.7 Å². The molecule has 1 aromatic rings. The summed E-state index contributed by atoms with van der Waals surface area (Å²) in [5.41, 5.74) is 1.18. The quantitative estimate of drug-likeness (QED) is 0.763. The number of rotatable bonds is 2. The Morgan fingerprint density at radius 1 is 1.53 bits per heavy atom. The summed E-state index contributed by atoms with van der Waals surface area (Å²) in [5, 5.41) is 12.7. The summed E-state index contributed by atoms with van der Waals surface area (Å²) in [6, 6.07) is 8.09. The normalized spacial score (nSPS) is 22.9. The summed E-state index contributed by atoms with van der Waals surface area (Å²) in [6.07, 6.45) is 0. The molecule has 1 aromatic carbocycles. The molecule has 0 amide bonds. The van der Waals surface area contributed by atoms with Gasteiger partial charge in [-0.2, -0.15) is 0 Å². The second-order valence-corrected chi connectivity index (χ2v) is 4.19. The fourth-order valence-corrected chi connectivity index (χ4v) is 2.01. The first-order valence-corrected chi connectivity index (χ1v) is 5.48. The first-order chi connectivity index (χ1) is 7.25. The number of phenolic OH excluding ortho intramolecular Hbond substituents is 1. The Kier molecular flexibility index (Phi) is 3.23. The van der Waals surface area contributed by atoms with Gasteiger partial charge in [-0.1, -0.05) is 12.1 Å². The molecule has 2 rings (SSSR count). The van der Waals surface area contributed by atoms with E-state index in [1.165, 1.54) is 5.56 Å². The van der Waals surface area contributed by atoms with Gasteiger partial charge in [0.25, 0.3) is 0 Å². The number of aromatic hydroxyl groups is 1. The second kappa shape index (κ2) is 4.64. The number of hydrogen-bond donors (Lipinski definition) is 2. The van der Waals surface area contributed by atoms with Gasteiger partial charge in [-0.3, -0.25) is 4.90 Å². The summed E-state index contributed by atoms with van der Waals surface area (Å²) in [7, 11) is 0. The van der Waals surface area contributed by atoms with Gasteiger partial charge in [0, 0.05) is 32.2 Å². The van der Waals surface area contributed by atoms with Crippen LogP contribution in [0.1, 0.15) is 12.5 Å². The molecule has 0 unspecified atom stereocenters. The topological polar surface area (TPSA) is 35.5 Å². The van der Waals surface area contributed by atoms with Crippen LogP contribution in [0.4, 0.5) is 0 Å². The molecule has 1 aliphatic rings. The molecule has 0 spiro atoms. The van der Waals surface area contributed by atoms with Crippen LogP contribution in [0.5, 0.6) is 5.75 Å². The van der Waals surface area contributed by atoms with Crippen LogP contribution in [0.25, 0.3) is 0 Å². The predicted molar refractivity (Wildman–Crippen MR) is 60.8 cm³/mol. The van der Waals surface area contributed by atoms with Crippen molar-refractivity contribution in [2.45, 2.75) is 19.5 Å². The van der Waals surface area contributed by atoms with E-state index in [-0.39, 0.29) is 0 Å². The maximum Gasteiger partial charge on any atom is 0.115 e. The summed E-state index contributed by atoms with van der Waals surface area (Å²) in [4.78, 5) is 2.44. The van der Waals surface area contributed by atoms with Gasteiger partial charge >= 0.3 is 0 Å². The molecule has 0 saturated carbocycles. The molecule has 82 valence electrons. The SMILES string of the molecule is C[C@H]1CNCCN1Cc1cccc(O)c1. The number of hydrogen-bond acceptors (Lipinski definition) is 3. The maximum absolute atomic E-state index is 9.38. The van der Waals surface area contributed by atoms with E-state index in [4.69, 9.17) is 0 Å². The molecule has 15 heavy (non-hydrogen) atoms. The Morgan fingerprint density at radius 2 is 2.40 bits per heavy atom. The molecule has 0 aliphatic carbocycles. The van der Waals surface area contributed by atoms with Crippen molar-refractivity contribution in [3.05, 3.63) is 29.8 Å². The van der Waals surface area contributed by atoms with Gasteiger partial charge in [0.2, 0.25) is 0 Å². The van der Waals surface area contributed by atoms with Crippen LogP contribution in [0.2, 0.25) is 0 Å². The van der Waals surface area contributed by atoms with Crippen molar-refractivity contribution in [1.29, 1.82) is 0 Å². The van der Waals surface area contributed by atoms with Crippen molar-refractivity contribution < 1.29 is 5.11 Å². The molecule has 2 N–H and O–H groups in total. The highest BCUT2D eigenvalue weighted by Crippen LogP contribution is 2.14. The molecule has 1 heterocycles. The molecule has 0 radical (unpaired) electrons. The van der Waals surface area contributed by atoms with E-state index in [0.29, 0.717) is 11.8 Å². The number of phenols is 1. The minimum Gasteiger partial charge on any atom is -0.508 e. The highest BCUT2D eigenvalue weighted by atomic mass is 16.3. The molecule has 3 nitrogen and oxygen atoms in total. The van der Waals surface area contributed by atoms with E-state index in [0.717, 1.165) is 26.2 Å². The summed E-state index contributed by atoms with van der Waals surface area (Å²) in [5.74, 6) is 0.357. The van der Waals surface area contributed by atoms with Crippen LogP contribution in [0, 0.1) is 0 Å². The first kappa shape index (κ1) is 10.5. The highest BCUT2D eigenvalue weighted by Gasteiger charge is 2.17. The van der Waals surface area contributed by atoms with E-state index in [1.807, 2.05) is 12.1 Å². The van der Waals surface area contributed by atoms with Gasteiger partial charge in [0.1, 0.15) is 5.75 Å². The summed E-state index contributed by atoms with van der Waals surface area (Å²) >= 11 is 0. The van der Waals surface area contributed by atoms with Crippen molar-refractivity contribution in [2.24, 2.45) is 0 Å². The lowest BCUT2D eigenvalue weighted by atomic mass is 10.1. The van der Waals surface area contributed by atoms with Crippen LogP contribution in [0.15, 0.2) is 24.3 Å². The smallest absolute Gasteiger partial charge is 0.115 e. The Hall–Kier alpha value is -1.06. The zero-order valence-corrected chi connectivity index (χ0v) is 9.11. The number of piperazine rings is 1. The van der Waals surface area contributed by atoms with Crippen LogP contribution in [0.3, 0.4) is 0 Å². The van der Waals surface area contributed by atoms with Gasteiger partial charge in [0.05, 0.1) is 0 Å². The first-order valence-electron chi connectivity index (χ1n) is 5.48. The molecule has 1 atom stereocenters. The van der Waals surface area contributed by atoms with Gasteiger partial charge < -0.3 is 10.4 Å². The molecule has 1 aliphatic heterocycles. The van der Waals surface area contributed by atoms with E-state index in [9.17, 15) is 5.11 Å². The van der Waals surface area contributed by atoms with Gasteiger partial charge in [0.15, 0.2) is 0 Å². The average Bonchev–Trinajstić information content (AvgIpc) is 2.22. The average molecular weight is 206 g/mol. The maximum atomic E-state index is 9.38. The predicted octanol–water partition coefficient (Wildman–Crippen LogP) is 1.19.